The van der Waals surface area contributed by atoms with E-state index in [1.807, 2.05) is 13.0 Å². The van der Waals surface area contributed by atoms with Crippen molar-refractivity contribution < 1.29 is 22.6 Å². The van der Waals surface area contributed by atoms with E-state index in [1.54, 1.807) is 44.6 Å². The van der Waals surface area contributed by atoms with Crippen LogP contribution in [-0.4, -0.2) is 33.7 Å². The normalized spacial score (nSPS) is 11.3. The number of rotatable bonds is 6. The average molecular weight is 387 g/mol. The molecule has 3 rings (SSSR count). The topological polar surface area (TPSA) is 66.8 Å². The predicted molar refractivity (Wildman–Crippen MR) is 103 cm³/mol. The first-order valence-electron chi connectivity index (χ1n) is 8.22. The molecule has 0 N–H and O–H groups in total. The molecule has 1 heterocycles. The van der Waals surface area contributed by atoms with Gasteiger partial charge in [0.25, 0.3) is 10.0 Å². The third-order valence-electron chi connectivity index (χ3n) is 4.29. The van der Waals surface area contributed by atoms with E-state index in [-0.39, 0.29) is 4.90 Å². The van der Waals surface area contributed by atoms with E-state index < -0.39 is 10.0 Å². The van der Waals surface area contributed by atoms with E-state index in [1.165, 1.54) is 29.4 Å². The van der Waals surface area contributed by atoms with Crippen LogP contribution in [0.15, 0.2) is 59.6 Å². The van der Waals surface area contributed by atoms with E-state index in [0.717, 1.165) is 5.56 Å². The van der Waals surface area contributed by atoms with Gasteiger partial charge in [0.2, 0.25) is 0 Å². The number of nitrogens with zero attached hydrogens (tertiary/aromatic N) is 1. The van der Waals surface area contributed by atoms with Crippen LogP contribution in [-0.2, 0) is 10.0 Å². The Morgan fingerprint density at radius 3 is 2.19 bits per heavy atom. The zero-order valence-corrected chi connectivity index (χ0v) is 16.4. The molecule has 0 unspecified atom stereocenters. The Morgan fingerprint density at radius 2 is 1.59 bits per heavy atom. The highest BCUT2D eigenvalue weighted by Gasteiger charge is 2.21. The van der Waals surface area contributed by atoms with Crippen LogP contribution in [0, 0.1) is 6.92 Å². The number of methoxy groups -OCH3 is 3. The summed E-state index contributed by atoms with van der Waals surface area (Å²) in [7, 11) is 0.897. The third-order valence-corrected chi connectivity index (χ3v) is 5.99. The van der Waals surface area contributed by atoms with Gasteiger partial charge in [-0.05, 0) is 61.0 Å². The van der Waals surface area contributed by atoms with Gasteiger partial charge in [0.15, 0.2) is 11.5 Å². The van der Waals surface area contributed by atoms with Gasteiger partial charge in [0.1, 0.15) is 5.75 Å². The largest absolute Gasteiger partial charge is 0.497 e. The second-order valence-corrected chi connectivity index (χ2v) is 7.71. The molecule has 7 heteroatoms. The molecule has 0 amide bonds. The van der Waals surface area contributed by atoms with Crippen LogP contribution >= 0.6 is 0 Å². The second kappa shape index (κ2) is 7.36. The molecule has 6 nitrogen and oxygen atoms in total. The lowest BCUT2D eigenvalue weighted by molar-refractivity contribution is 0.353. The first kappa shape index (κ1) is 18.8. The molecule has 1 aromatic heterocycles. The van der Waals surface area contributed by atoms with Gasteiger partial charge in [0.05, 0.1) is 31.9 Å². The van der Waals surface area contributed by atoms with Crippen LogP contribution < -0.4 is 14.2 Å². The highest BCUT2D eigenvalue weighted by molar-refractivity contribution is 7.90. The summed E-state index contributed by atoms with van der Waals surface area (Å²) in [4.78, 5) is 0.179. The van der Waals surface area contributed by atoms with Crippen molar-refractivity contribution in [3.05, 3.63) is 60.3 Å². The Bertz CT molecular complexity index is 1050. The summed E-state index contributed by atoms with van der Waals surface area (Å²) in [5, 5.41) is 0. The molecule has 0 fully saturated rings. The summed E-state index contributed by atoms with van der Waals surface area (Å²) >= 11 is 0. The van der Waals surface area contributed by atoms with Gasteiger partial charge < -0.3 is 14.2 Å². The van der Waals surface area contributed by atoms with Gasteiger partial charge >= 0.3 is 0 Å². The first-order chi connectivity index (χ1) is 12.9. The van der Waals surface area contributed by atoms with Crippen LogP contribution in [0.5, 0.6) is 17.2 Å². The molecule has 0 spiro atoms. The summed E-state index contributed by atoms with van der Waals surface area (Å²) in [6.45, 7) is 1.89. The van der Waals surface area contributed by atoms with Crippen molar-refractivity contribution in [2.45, 2.75) is 11.8 Å². The Hall–Kier alpha value is -2.93. The Balaban J connectivity index is 2.12. The summed E-state index contributed by atoms with van der Waals surface area (Å²) < 4.78 is 43.4. The van der Waals surface area contributed by atoms with Crippen LogP contribution in [0.1, 0.15) is 5.56 Å². The van der Waals surface area contributed by atoms with Crippen molar-refractivity contribution in [1.82, 2.24) is 3.97 Å². The standard InChI is InChI=1S/C20H21NO5S/c1-14-12-15(13-19(25-3)20(14)26-4)18-6-5-11-21(18)27(22,23)17-9-7-16(24-2)8-10-17/h5-13H,1-4H3. The Labute approximate surface area is 159 Å². The quantitative estimate of drug-likeness (QED) is 0.645. The van der Waals surface area contributed by atoms with Crippen molar-refractivity contribution in [3.8, 4) is 28.5 Å². The molecule has 0 atom stereocenters. The van der Waals surface area contributed by atoms with E-state index in [4.69, 9.17) is 14.2 Å². The SMILES string of the molecule is COc1ccc(S(=O)(=O)n2cccc2-c2cc(C)c(OC)c(OC)c2)cc1. The molecular weight excluding hydrogens is 366 g/mol. The third kappa shape index (κ3) is 3.38. The van der Waals surface area contributed by atoms with Gasteiger partial charge in [0, 0.05) is 11.8 Å². The smallest absolute Gasteiger partial charge is 0.268 e. The minimum Gasteiger partial charge on any atom is -0.497 e. The lowest BCUT2D eigenvalue weighted by atomic mass is 10.1. The average Bonchev–Trinajstić information content (AvgIpc) is 3.18. The molecule has 0 aliphatic heterocycles. The number of benzene rings is 2. The van der Waals surface area contributed by atoms with Crippen molar-refractivity contribution in [2.24, 2.45) is 0 Å². The molecule has 0 aliphatic rings. The maximum atomic E-state index is 13.1. The van der Waals surface area contributed by atoms with E-state index >= 15 is 0 Å². The maximum absolute atomic E-state index is 13.1. The fourth-order valence-corrected chi connectivity index (χ4v) is 4.33. The van der Waals surface area contributed by atoms with Crippen LogP contribution in [0.25, 0.3) is 11.3 Å². The van der Waals surface area contributed by atoms with Crippen molar-refractivity contribution in [1.29, 1.82) is 0 Å². The van der Waals surface area contributed by atoms with Gasteiger partial charge in [-0.25, -0.2) is 12.4 Å². The fourth-order valence-electron chi connectivity index (χ4n) is 2.96. The molecule has 2 aromatic carbocycles. The van der Waals surface area contributed by atoms with Gasteiger partial charge in [-0.15, -0.1) is 0 Å². The molecule has 27 heavy (non-hydrogen) atoms. The molecular formula is C20H21NO5S. The van der Waals surface area contributed by atoms with E-state index in [9.17, 15) is 8.42 Å². The van der Waals surface area contributed by atoms with Gasteiger partial charge in [-0.3, -0.25) is 0 Å². The number of aryl methyl sites for hydroxylation is 1. The first-order valence-corrected chi connectivity index (χ1v) is 9.66. The maximum Gasteiger partial charge on any atom is 0.268 e. The molecule has 0 radical (unpaired) electrons. The fraction of sp³-hybridized carbons (Fsp3) is 0.200. The predicted octanol–water partition coefficient (Wildman–Crippen LogP) is 3.73. The molecule has 142 valence electrons. The lowest BCUT2D eigenvalue weighted by Gasteiger charge is -2.15. The van der Waals surface area contributed by atoms with Crippen molar-refractivity contribution >= 4 is 10.0 Å². The molecule has 0 bridgehead atoms. The van der Waals surface area contributed by atoms with Crippen molar-refractivity contribution in [2.75, 3.05) is 21.3 Å². The molecule has 3 aromatic rings. The second-order valence-electron chi connectivity index (χ2n) is 5.90. The number of ether oxygens (including phenoxy) is 3. The van der Waals surface area contributed by atoms with Gasteiger partial charge in [-0.1, -0.05) is 0 Å². The molecule has 0 saturated heterocycles. The highest BCUT2D eigenvalue weighted by atomic mass is 32.2. The number of aromatic nitrogens is 1. The van der Waals surface area contributed by atoms with E-state index in [2.05, 4.69) is 0 Å². The van der Waals surface area contributed by atoms with Crippen LogP contribution in [0.2, 0.25) is 0 Å². The minimum absolute atomic E-state index is 0.179. The summed E-state index contributed by atoms with van der Waals surface area (Å²) in [6.07, 6.45) is 1.53. The monoisotopic (exact) mass is 387 g/mol. The Kier molecular flexibility index (Phi) is 5.14. The van der Waals surface area contributed by atoms with Crippen molar-refractivity contribution in [3.63, 3.8) is 0 Å². The minimum atomic E-state index is -3.76. The summed E-state index contributed by atoms with van der Waals surface area (Å²) in [5.74, 6) is 1.76. The zero-order valence-electron chi connectivity index (χ0n) is 15.6. The van der Waals surface area contributed by atoms with Crippen LogP contribution in [0.4, 0.5) is 0 Å². The Morgan fingerprint density at radius 1 is 0.889 bits per heavy atom. The highest BCUT2D eigenvalue weighted by Crippen LogP contribution is 2.36. The number of hydrogen-bond donors (Lipinski definition) is 0. The summed E-state index contributed by atoms with van der Waals surface area (Å²) in [5.41, 5.74) is 2.10. The van der Waals surface area contributed by atoms with E-state index in [0.29, 0.717) is 28.5 Å². The zero-order chi connectivity index (χ0) is 19.6. The molecule has 0 aliphatic carbocycles. The summed E-state index contributed by atoms with van der Waals surface area (Å²) in [6, 6.07) is 13.4. The molecule has 0 saturated carbocycles. The van der Waals surface area contributed by atoms with Crippen LogP contribution in [0.3, 0.4) is 0 Å². The number of hydrogen-bond acceptors (Lipinski definition) is 5. The lowest BCUT2D eigenvalue weighted by Crippen LogP contribution is -2.13. The van der Waals surface area contributed by atoms with Gasteiger partial charge in [-0.2, -0.15) is 0 Å².